The molecule has 0 fully saturated rings. The SMILES string of the molecule is Clc1ccc(-c2noc(CNc3cccc(Br)c3)n2)cc1. The molecule has 0 saturated carbocycles. The number of hydrogen-bond donors (Lipinski definition) is 1. The van der Waals surface area contributed by atoms with Gasteiger partial charge in [0.05, 0.1) is 6.54 Å². The van der Waals surface area contributed by atoms with Crippen molar-refractivity contribution in [3.05, 3.63) is 63.9 Å². The van der Waals surface area contributed by atoms with Crippen LogP contribution < -0.4 is 5.32 Å². The summed E-state index contributed by atoms with van der Waals surface area (Å²) in [6, 6.07) is 15.2. The van der Waals surface area contributed by atoms with Crippen LogP contribution in [0.5, 0.6) is 0 Å². The Balaban J connectivity index is 1.69. The molecule has 21 heavy (non-hydrogen) atoms. The van der Waals surface area contributed by atoms with Gasteiger partial charge in [0.25, 0.3) is 0 Å². The maximum absolute atomic E-state index is 5.86. The van der Waals surface area contributed by atoms with Crippen LogP contribution in [-0.4, -0.2) is 10.1 Å². The van der Waals surface area contributed by atoms with E-state index in [-0.39, 0.29) is 0 Å². The zero-order valence-electron chi connectivity index (χ0n) is 10.9. The van der Waals surface area contributed by atoms with E-state index < -0.39 is 0 Å². The lowest BCUT2D eigenvalue weighted by atomic mass is 10.2. The second-order valence-corrected chi connectivity index (χ2v) is 5.73. The second kappa shape index (κ2) is 6.28. The fraction of sp³-hybridized carbons (Fsp3) is 0.0667. The highest BCUT2D eigenvalue weighted by Gasteiger charge is 2.08. The van der Waals surface area contributed by atoms with Gasteiger partial charge in [0, 0.05) is 20.7 Å². The van der Waals surface area contributed by atoms with E-state index in [0.29, 0.717) is 23.3 Å². The third-order valence-electron chi connectivity index (χ3n) is 2.84. The summed E-state index contributed by atoms with van der Waals surface area (Å²) in [4.78, 5) is 4.35. The van der Waals surface area contributed by atoms with Crippen molar-refractivity contribution in [1.29, 1.82) is 0 Å². The van der Waals surface area contributed by atoms with Gasteiger partial charge < -0.3 is 9.84 Å². The molecule has 0 aliphatic rings. The molecule has 6 heteroatoms. The first-order valence-corrected chi connectivity index (χ1v) is 7.46. The smallest absolute Gasteiger partial charge is 0.246 e. The van der Waals surface area contributed by atoms with Crippen LogP contribution in [0.3, 0.4) is 0 Å². The van der Waals surface area contributed by atoms with Gasteiger partial charge in [-0.05, 0) is 42.5 Å². The van der Waals surface area contributed by atoms with Crippen molar-refractivity contribution < 1.29 is 4.52 Å². The van der Waals surface area contributed by atoms with E-state index in [1.54, 1.807) is 12.1 Å². The Kier molecular flexibility index (Phi) is 4.22. The lowest BCUT2D eigenvalue weighted by Gasteiger charge is -2.02. The minimum Gasteiger partial charge on any atom is -0.376 e. The Morgan fingerprint density at radius 1 is 1.14 bits per heavy atom. The molecule has 0 saturated heterocycles. The van der Waals surface area contributed by atoms with E-state index in [2.05, 4.69) is 31.4 Å². The maximum atomic E-state index is 5.86. The van der Waals surface area contributed by atoms with Crippen molar-refractivity contribution in [2.24, 2.45) is 0 Å². The number of nitrogens with zero attached hydrogens (tertiary/aromatic N) is 2. The maximum Gasteiger partial charge on any atom is 0.246 e. The molecule has 0 amide bonds. The molecule has 0 aliphatic carbocycles. The van der Waals surface area contributed by atoms with E-state index in [4.69, 9.17) is 16.1 Å². The summed E-state index contributed by atoms with van der Waals surface area (Å²) >= 11 is 9.28. The molecule has 4 nitrogen and oxygen atoms in total. The molecule has 0 spiro atoms. The summed E-state index contributed by atoms with van der Waals surface area (Å²) in [5.74, 6) is 1.08. The number of hydrogen-bond acceptors (Lipinski definition) is 4. The zero-order valence-corrected chi connectivity index (χ0v) is 13.2. The highest BCUT2D eigenvalue weighted by molar-refractivity contribution is 9.10. The summed E-state index contributed by atoms with van der Waals surface area (Å²) < 4.78 is 6.25. The lowest BCUT2D eigenvalue weighted by Crippen LogP contribution is -1.99. The topological polar surface area (TPSA) is 51.0 Å². The van der Waals surface area contributed by atoms with E-state index in [9.17, 15) is 0 Å². The van der Waals surface area contributed by atoms with Crippen LogP contribution in [0.1, 0.15) is 5.89 Å². The minimum absolute atomic E-state index is 0.469. The Morgan fingerprint density at radius 2 is 1.95 bits per heavy atom. The molecule has 106 valence electrons. The summed E-state index contributed by atoms with van der Waals surface area (Å²) in [5, 5.41) is 7.88. The van der Waals surface area contributed by atoms with Crippen molar-refractivity contribution in [2.75, 3.05) is 5.32 Å². The zero-order chi connectivity index (χ0) is 14.7. The molecule has 1 aromatic heterocycles. The molecule has 0 unspecified atom stereocenters. The van der Waals surface area contributed by atoms with Gasteiger partial charge in [-0.1, -0.05) is 38.8 Å². The number of aromatic nitrogens is 2. The summed E-state index contributed by atoms with van der Waals surface area (Å²) in [5.41, 5.74) is 1.85. The molecular formula is C15H11BrClN3O. The van der Waals surface area contributed by atoms with Crippen LogP contribution in [0.4, 0.5) is 5.69 Å². The quantitative estimate of drug-likeness (QED) is 0.725. The fourth-order valence-electron chi connectivity index (χ4n) is 1.82. The molecule has 0 radical (unpaired) electrons. The highest BCUT2D eigenvalue weighted by Crippen LogP contribution is 2.20. The van der Waals surface area contributed by atoms with Crippen molar-refractivity contribution in [2.45, 2.75) is 6.54 Å². The van der Waals surface area contributed by atoms with Gasteiger partial charge in [0.15, 0.2) is 0 Å². The van der Waals surface area contributed by atoms with Crippen LogP contribution in [0.15, 0.2) is 57.5 Å². The van der Waals surface area contributed by atoms with Gasteiger partial charge in [0.1, 0.15) is 0 Å². The van der Waals surface area contributed by atoms with Crippen molar-refractivity contribution in [1.82, 2.24) is 10.1 Å². The Morgan fingerprint density at radius 3 is 2.71 bits per heavy atom. The first-order valence-electron chi connectivity index (χ1n) is 6.29. The average molecular weight is 365 g/mol. The normalized spacial score (nSPS) is 10.6. The summed E-state index contributed by atoms with van der Waals surface area (Å²) in [6.07, 6.45) is 0. The van der Waals surface area contributed by atoms with Crippen LogP contribution in [-0.2, 0) is 6.54 Å². The van der Waals surface area contributed by atoms with Crippen LogP contribution >= 0.6 is 27.5 Å². The molecule has 3 rings (SSSR count). The van der Waals surface area contributed by atoms with Crippen LogP contribution in [0.2, 0.25) is 5.02 Å². The number of rotatable bonds is 4. The Labute approximate surface area is 135 Å². The molecule has 0 bridgehead atoms. The van der Waals surface area contributed by atoms with Gasteiger partial charge in [-0.2, -0.15) is 4.98 Å². The third kappa shape index (κ3) is 3.62. The van der Waals surface area contributed by atoms with E-state index in [0.717, 1.165) is 15.7 Å². The number of anilines is 1. The number of nitrogens with one attached hydrogen (secondary N) is 1. The summed E-state index contributed by atoms with van der Waals surface area (Å²) in [7, 11) is 0. The van der Waals surface area contributed by atoms with Gasteiger partial charge in [-0.15, -0.1) is 0 Å². The standard InChI is InChI=1S/C15H11BrClN3O/c16-11-2-1-3-13(8-11)18-9-14-19-15(20-21-14)10-4-6-12(17)7-5-10/h1-8,18H,9H2. The molecule has 1 heterocycles. The molecular weight excluding hydrogens is 354 g/mol. The predicted octanol–water partition coefficient (Wildman–Crippen LogP) is 4.76. The molecule has 3 aromatic rings. The molecule has 2 aromatic carbocycles. The minimum atomic E-state index is 0.469. The highest BCUT2D eigenvalue weighted by atomic mass is 79.9. The second-order valence-electron chi connectivity index (χ2n) is 4.38. The van der Waals surface area contributed by atoms with Crippen LogP contribution in [0.25, 0.3) is 11.4 Å². The third-order valence-corrected chi connectivity index (χ3v) is 3.58. The lowest BCUT2D eigenvalue weighted by molar-refractivity contribution is 0.384. The monoisotopic (exact) mass is 363 g/mol. The van der Waals surface area contributed by atoms with E-state index in [1.165, 1.54) is 0 Å². The first-order chi connectivity index (χ1) is 10.2. The Hall–Kier alpha value is -1.85. The van der Waals surface area contributed by atoms with Crippen molar-refractivity contribution in [3.63, 3.8) is 0 Å². The number of benzene rings is 2. The van der Waals surface area contributed by atoms with Crippen molar-refractivity contribution >= 4 is 33.2 Å². The summed E-state index contributed by atoms with van der Waals surface area (Å²) in [6.45, 7) is 0.469. The fourth-order valence-corrected chi connectivity index (χ4v) is 2.34. The van der Waals surface area contributed by atoms with E-state index in [1.807, 2.05) is 36.4 Å². The van der Waals surface area contributed by atoms with Gasteiger partial charge in [-0.25, -0.2) is 0 Å². The van der Waals surface area contributed by atoms with Gasteiger partial charge >= 0.3 is 0 Å². The van der Waals surface area contributed by atoms with Crippen molar-refractivity contribution in [3.8, 4) is 11.4 Å². The van der Waals surface area contributed by atoms with Gasteiger partial charge in [-0.3, -0.25) is 0 Å². The number of halogens is 2. The van der Waals surface area contributed by atoms with Gasteiger partial charge in [0.2, 0.25) is 11.7 Å². The first kappa shape index (κ1) is 14.1. The molecule has 1 N–H and O–H groups in total. The Bertz CT molecular complexity index is 743. The largest absolute Gasteiger partial charge is 0.376 e. The van der Waals surface area contributed by atoms with E-state index >= 15 is 0 Å². The predicted molar refractivity (Wildman–Crippen MR) is 86.2 cm³/mol. The van der Waals surface area contributed by atoms with Crippen LogP contribution in [0, 0.1) is 0 Å². The molecule has 0 aliphatic heterocycles. The molecule has 0 atom stereocenters. The average Bonchev–Trinajstić information content (AvgIpc) is 2.95.